The van der Waals surface area contributed by atoms with Gasteiger partial charge in [-0.2, -0.15) is 0 Å². The second-order valence-electron chi connectivity index (χ2n) is 4.97. The van der Waals surface area contributed by atoms with Crippen LogP contribution in [-0.4, -0.2) is 31.1 Å². The van der Waals surface area contributed by atoms with Gasteiger partial charge < -0.3 is 19.4 Å². The highest BCUT2D eigenvalue weighted by molar-refractivity contribution is 6.30. The molecule has 0 saturated carbocycles. The summed E-state index contributed by atoms with van der Waals surface area (Å²) in [5.41, 5.74) is 0.992. The van der Waals surface area contributed by atoms with Gasteiger partial charge in [-0.3, -0.25) is 0 Å². The molecule has 0 aliphatic rings. The van der Waals surface area contributed by atoms with Gasteiger partial charge in [0.25, 0.3) is 0 Å². The molecule has 0 unspecified atom stereocenters. The van der Waals surface area contributed by atoms with Gasteiger partial charge in [-0.25, -0.2) is 9.59 Å². The zero-order valence-corrected chi connectivity index (χ0v) is 13.8. The Labute approximate surface area is 139 Å². The highest BCUT2D eigenvalue weighted by Gasteiger charge is 2.18. The van der Waals surface area contributed by atoms with Crippen LogP contribution in [0.2, 0.25) is 5.02 Å². The predicted octanol–water partition coefficient (Wildman–Crippen LogP) is 3.69. The molecule has 2 rings (SSSR count). The first-order chi connectivity index (χ1) is 10.9. The number of anilines is 1. The molecule has 0 saturated heterocycles. The Hall–Kier alpha value is -2.47. The number of ether oxygens (including phenoxy) is 1. The van der Waals surface area contributed by atoms with Gasteiger partial charge >= 0.3 is 12.0 Å². The van der Waals surface area contributed by atoms with E-state index in [9.17, 15) is 9.59 Å². The number of benzene rings is 1. The zero-order valence-electron chi connectivity index (χ0n) is 13.1. The van der Waals surface area contributed by atoms with Crippen molar-refractivity contribution in [1.82, 2.24) is 4.90 Å². The molecule has 0 aliphatic heterocycles. The number of furan rings is 1. The summed E-state index contributed by atoms with van der Waals surface area (Å²) in [6.45, 7) is 1.89. The van der Waals surface area contributed by atoms with Gasteiger partial charge in [-0.15, -0.1) is 0 Å². The SMILES string of the molecule is COC(=O)c1cc(CN(C)C(=O)Nc2ccc(Cl)cc2)oc1C. The maximum absolute atomic E-state index is 12.1. The maximum Gasteiger partial charge on any atom is 0.341 e. The molecular formula is C16H17ClN2O4. The first-order valence-corrected chi connectivity index (χ1v) is 7.24. The van der Waals surface area contributed by atoms with Crippen LogP contribution in [0.3, 0.4) is 0 Å². The first-order valence-electron chi connectivity index (χ1n) is 6.86. The smallest absolute Gasteiger partial charge is 0.341 e. The Kier molecular flexibility index (Phi) is 5.28. The zero-order chi connectivity index (χ0) is 17.0. The first kappa shape index (κ1) is 16.9. The van der Waals surface area contributed by atoms with Crippen molar-refractivity contribution in [2.24, 2.45) is 0 Å². The molecule has 2 aromatic rings. The van der Waals surface area contributed by atoms with Crippen molar-refractivity contribution in [2.75, 3.05) is 19.5 Å². The molecule has 0 radical (unpaired) electrons. The van der Waals surface area contributed by atoms with Gasteiger partial charge in [0.2, 0.25) is 0 Å². The van der Waals surface area contributed by atoms with Crippen LogP contribution in [-0.2, 0) is 11.3 Å². The molecule has 0 spiro atoms. The number of carbonyl (C=O) groups is 2. The van der Waals surface area contributed by atoms with Gasteiger partial charge in [-0.05, 0) is 37.3 Å². The second kappa shape index (κ2) is 7.19. The van der Waals surface area contributed by atoms with E-state index in [2.05, 4.69) is 10.1 Å². The van der Waals surface area contributed by atoms with E-state index in [1.807, 2.05) is 0 Å². The van der Waals surface area contributed by atoms with Crippen LogP contribution in [0.5, 0.6) is 0 Å². The normalized spacial score (nSPS) is 10.3. The van der Waals surface area contributed by atoms with Crippen molar-refractivity contribution in [3.05, 3.63) is 52.4 Å². The Bertz CT molecular complexity index is 709. The Morgan fingerprint density at radius 2 is 1.96 bits per heavy atom. The number of aryl methyl sites for hydroxylation is 1. The van der Waals surface area contributed by atoms with Crippen LogP contribution >= 0.6 is 11.6 Å². The minimum absolute atomic E-state index is 0.220. The summed E-state index contributed by atoms with van der Waals surface area (Å²) in [5, 5.41) is 3.33. The number of amides is 2. The Morgan fingerprint density at radius 1 is 1.30 bits per heavy atom. The largest absolute Gasteiger partial charge is 0.465 e. The molecule has 7 heteroatoms. The fourth-order valence-corrected chi connectivity index (χ4v) is 2.12. The Morgan fingerprint density at radius 3 is 2.57 bits per heavy atom. The molecule has 122 valence electrons. The molecule has 0 fully saturated rings. The van der Waals surface area contributed by atoms with Crippen molar-refractivity contribution in [2.45, 2.75) is 13.5 Å². The number of hydrogen-bond acceptors (Lipinski definition) is 4. The summed E-state index contributed by atoms with van der Waals surface area (Å²) in [6, 6.07) is 8.07. The molecule has 1 heterocycles. The van der Waals surface area contributed by atoms with Crippen molar-refractivity contribution in [1.29, 1.82) is 0 Å². The number of carbonyl (C=O) groups excluding carboxylic acids is 2. The maximum atomic E-state index is 12.1. The summed E-state index contributed by atoms with van der Waals surface area (Å²) < 4.78 is 10.2. The molecule has 1 aromatic carbocycles. The average Bonchev–Trinajstić information content (AvgIpc) is 2.89. The number of nitrogens with zero attached hydrogens (tertiary/aromatic N) is 1. The fraction of sp³-hybridized carbons (Fsp3) is 0.250. The number of esters is 1. The molecule has 0 aliphatic carbocycles. The molecule has 23 heavy (non-hydrogen) atoms. The summed E-state index contributed by atoms with van der Waals surface area (Å²) in [5.74, 6) is 0.487. The number of hydrogen-bond donors (Lipinski definition) is 1. The number of nitrogens with one attached hydrogen (secondary N) is 1. The van der Waals surface area contributed by atoms with Crippen molar-refractivity contribution in [3.63, 3.8) is 0 Å². The van der Waals surface area contributed by atoms with E-state index >= 15 is 0 Å². The third-order valence-corrected chi connectivity index (χ3v) is 3.46. The van der Waals surface area contributed by atoms with Crippen LogP contribution in [0.15, 0.2) is 34.7 Å². The van der Waals surface area contributed by atoms with Gasteiger partial charge in [0.1, 0.15) is 17.1 Å². The standard InChI is InChI=1S/C16H17ClN2O4/c1-10-14(15(20)22-3)8-13(23-10)9-19(2)16(21)18-12-6-4-11(17)5-7-12/h4-8H,9H2,1-3H3,(H,18,21). The number of halogens is 1. The lowest BCUT2D eigenvalue weighted by atomic mass is 10.2. The third kappa shape index (κ3) is 4.26. The molecule has 1 aromatic heterocycles. The summed E-state index contributed by atoms with van der Waals surface area (Å²) in [7, 11) is 2.93. The van der Waals surface area contributed by atoms with E-state index in [1.165, 1.54) is 12.0 Å². The topological polar surface area (TPSA) is 71.8 Å². The molecule has 0 atom stereocenters. The third-order valence-electron chi connectivity index (χ3n) is 3.21. The van der Waals surface area contributed by atoms with Crippen LogP contribution in [0, 0.1) is 6.92 Å². The predicted molar refractivity (Wildman–Crippen MR) is 86.7 cm³/mol. The average molecular weight is 337 g/mol. The summed E-state index contributed by atoms with van der Waals surface area (Å²) in [4.78, 5) is 25.1. The lowest BCUT2D eigenvalue weighted by Gasteiger charge is -2.16. The van der Waals surface area contributed by atoms with E-state index < -0.39 is 5.97 Å². The van der Waals surface area contributed by atoms with Crippen LogP contribution < -0.4 is 5.32 Å². The van der Waals surface area contributed by atoms with Crippen LogP contribution in [0.1, 0.15) is 21.9 Å². The van der Waals surface area contributed by atoms with Crippen LogP contribution in [0.4, 0.5) is 10.5 Å². The van der Waals surface area contributed by atoms with Gasteiger partial charge in [-0.1, -0.05) is 11.6 Å². The van der Waals surface area contributed by atoms with Gasteiger partial charge in [0.05, 0.1) is 13.7 Å². The van der Waals surface area contributed by atoms with Crippen molar-refractivity contribution in [3.8, 4) is 0 Å². The van der Waals surface area contributed by atoms with E-state index in [0.29, 0.717) is 27.8 Å². The molecule has 6 nitrogen and oxygen atoms in total. The van der Waals surface area contributed by atoms with E-state index in [4.69, 9.17) is 16.0 Å². The fourth-order valence-electron chi connectivity index (χ4n) is 1.99. The lowest BCUT2D eigenvalue weighted by molar-refractivity contribution is 0.0598. The highest BCUT2D eigenvalue weighted by atomic mass is 35.5. The molecule has 2 amide bonds. The Balaban J connectivity index is 2.01. The summed E-state index contributed by atoms with van der Waals surface area (Å²) >= 11 is 5.80. The van der Waals surface area contributed by atoms with E-state index in [-0.39, 0.29) is 12.6 Å². The quantitative estimate of drug-likeness (QED) is 0.864. The lowest BCUT2D eigenvalue weighted by Crippen LogP contribution is -2.30. The molecule has 0 bridgehead atoms. The molecule has 1 N–H and O–H groups in total. The minimum atomic E-state index is -0.467. The summed E-state index contributed by atoms with van der Waals surface area (Å²) in [6.07, 6.45) is 0. The van der Waals surface area contributed by atoms with E-state index in [1.54, 1.807) is 44.3 Å². The number of rotatable bonds is 4. The van der Waals surface area contributed by atoms with E-state index in [0.717, 1.165) is 0 Å². The van der Waals surface area contributed by atoms with Crippen LogP contribution in [0.25, 0.3) is 0 Å². The van der Waals surface area contributed by atoms with Gasteiger partial charge in [0.15, 0.2) is 0 Å². The number of methoxy groups -OCH3 is 1. The van der Waals surface area contributed by atoms with Crippen molar-refractivity contribution < 1.29 is 18.7 Å². The number of urea groups is 1. The highest BCUT2D eigenvalue weighted by Crippen LogP contribution is 2.18. The minimum Gasteiger partial charge on any atom is -0.465 e. The molecular weight excluding hydrogens is 320 g/mol. The van der Waals surface area contributed by atoms with Crippen molar-refractivity contribution >= 4 is 29.3 Å². The monoisotopic (exact) mass is 336 g/mol. The second-order valence-corrected chi connectivity index (χ2v) is 5.40. The van der Waals surface area contributed by atoms with Gasteiger partial charge in [0, 0.05) is 17.8 Å².